The second kappa shape index (κ2) is 6.93. The molecule has 1 aliphatic heterocycles. The van der Waals surface area contributed by atoms with E-state index in [1.54, 1.807) is 0 Å². The number of nitrogens with zero attached hydrogens (tertiary/aromatic N) is 2. The number of hydrogen-bond donors (Lipinski definition) is 1. The maximum atomic E-state index is 11.2. The zero-order valence-corrected chi connectivity index (χ0v) is 11.2. The van der Waals surface area contributed by atoms with Crippen LogP contribution in [0.15, 0.2) is 0 Å². The Morgan fingerprint density at radius 3 is 2.71 bits per heavy atom. The highest BCUT2D eigenvalue weighted by molar-refractivity contribution is 5.75. The molecule has 2 unspecified atom stereocenters. The molecule has 0 aromatic rings. The van der Waals surface area contributed by atoms with Gasteiger partial charge in [0.25, 0.3) is 0 Å². The number of likely N-dealkylation sites (tertiary alicyclic amines) is 1. The lowest BCUT2D eigenvalue weighted by Crippen LogP contribution is -2.44. The molecule has 0 aromatic carbocycles. The lowest BCUT2D eigenvalue weighted by molar-refractivity contribution is -0.142. The molecule has 1 aliphatic rings. The molecule has 1 rings (SSSR count). The Kier molecular flexibility index (Phi) is 5.88. The summed E-state index contributed by atoms with van der Waals surface area (Å²) in [4.78, 5) is 16.0. The molecule has 1 heterocycles. The standard InChI is InChI=1S/C12H25N3O2/c1-4-15(5-2)10-6-7-14(8-10)9-11(13)12(16)17-3/h10-11H,4-9,13H2,1-3H3. The molecule has 0 amide bonds. The third-order valence-corrected chi connectivity index (χ3v) is 3.54. The van der Waals surface area contributed by atoms with E-state index < -0.39 is 6.04 Å². The van der Waals surface area contributed by atoms with Gasteiger partial charge in [-0.15, -0.1) is 0 Å². The zero-order chi connectivity index (χ0) is 12.8. The van der Waals surface area contributed by atoms with Gasteiger partial charge in [-0.25, -0.2) is 0 Å². The van der Waals surface area contributed by atoms with Crippen molar-refractivity contribution in [3.63, 3.8) is 0 Å². The van der Waals surface area contributed by atoms with Crippen LogP contribution in [0.3, 0.4) is 0 Å². The Morgan fingerprint density at radius 2 is 2.18 bits per heavy atom. The average Bonchev–Trinajstić information content (AvgIpc) is 2.78. The molecule has 5 nitrogen and oxygen atoms in total. The minimum Gasteiger partial charge on any atom is -0.468 e. The Labute approximate surface area is 104 Å². The van der Waals surface area contributed by atoms with E-state index in [1.165, 1.54) is 7.11 Å². The molecule has 2 N–H and O–H groups in total. The van der Waals surface area contributed by atoms with Gasteiger partial charge in [0, 0.05) is 19.1 Å². The smallest absolute Gasteiger partial charge is 0.323 e. The fraction of sp³-hybridized carbons (Fsp3) is 0.917. The maximum absolute atomic E-state index is 11.2. The molecule has 0 radical (unpaired) electrons. The number of hydrogen-bond acceptors (Lipinski definition) is 5. The molecule has 0 saturated carbocycles. The van der Waals surface area contributed by atoms with Crippen molar-refractivity contribution in [2.75, 3.05) is 39.8 Å². The number of methoxy groups -OCH3 is 1. The summed E-state index contributed by atoms with van der Waals surface area (Å²) in [6, 6.07) is 0.0882. The Hall–Kier alpha value is -0.650. The van der Waals surface area contributed by atoms with Crippen LogP contribution in [0.2, 0.25) is 0 Å². The van der Waals surface area contributed by atoms with Crippen LogP contribution in [0.4, 0.5) is 0 Å². The van der Waals surface area contributed by atoms with Gasteiger partial charge in [0.1, 0.15) is 6.04 Å². The minimum atomic E-state index is -0.518. The van der Waals surface area contributed by atoms with Crippen LogP contribution in [-0.2, 0) is 9.53 Å². The van der Waals surface area contributed by atoms with Gasteiger partial charge in [0.2, 0.25) is 0 Å². The number of ether oxygens (including phenoxy) is 1. The van der Waals surface area contributed by atoms with Crippen molar-refractivity contribution in [2.24, 2.45) is 5.73 Å². The fourth-order valence-corrected chi connectivity index (χ4v) is 2.52. The van der Waals surface area contributed by atoms with Crippen LogP contribution in [0.25, 0.3) is 0 Å². The molecule has 2 atom stereocenters. The molecule has 100 valence electrons. The van der Waals surface area contributed by atoms with E-state index in [0.29, 0.717) is 12.6 Å². The second-order valence-electron chi connectivity index (χ2n) is 4.55. The Balaban J connectivity index is 2.37. The molecule has 0 aromatic heterocycles. The molecule has 0 aliphatic carbocycles. The summed E-state index contributed by atoms with van der Waals surface area (Å²) >= 11 is 0. The first-order valence-corrected chi connectivity index (χ1v) is 6.42. The molecule has 0 spiro atoms. The fourth-order valence-electron chi connectivity index (χ4n) is 2.52. The summed E-state index contributed by atoms with van der Waals surface area (Å²) in [5.41, 5.74) is 5.76. The maximum Gasteiger partial charge on any atom is 0.323 e. The molecular formula is C12H25N3O2. The summed E-state index contributed by atoms with van der Waals surface area (Å²) in [7, 11) is 1.38. The monoisotopic (exact) mass is 243 g/mol. The second-order valence-corrected chi connectivity index (χ2v) is 4.55. The highest BCUT2D eigenvalue weighted by Gasteiger charge is 2.28. The lowest BCUT2D eigenvalue weighted by Gasteiger charge is -2.26. The van der Waals surface area contributed by atoms with E-state index in [-0.39, 0.29) is 5.97 Å². The van der Waals surface area contributed by atoms with E-state index in [2.05, 4.69) is 28.4 Å². The van der Waals surface area contributed by atoms with Crippen molar-refractivity contribution >= 4 is 5.97 Å². The van der Waals surface area contributed by atoms with Crippen LogP contribution < -0.4 is 5.73 Å². The molecule has 17 heavy (non-hydrogen) atoms. The van der Waals surface area contributed by atoms with Crippen LogP contribution in [0.1, 0.15) is 20.3 Å². The largest absolute Gasteiger partial charge is 0.468 e. The topological polar surface area (TPSA) is 58.8 Å². The quantitative estimate of drug-likeness (QED) is 0.660. The van der Waals surface area contributed by atoms with Gasteiger partial charge in [-0.3, -0.25) is 14.6 Å². The van der Waals surface area contributed by atoms with E-state index in [4.69, 9.17) is 5.73 Å². The number of carbonyl (C=O) groups is 1. The van der Waals surface area contributed by atoms with Gasteiger partial charge in [0.05, 0.1) is 7.11 Å². The van der Waals surface area contributed by atoms with Gasteiger partial charge in [-0.05, 0) is 26.1 Å². The molecule has 1 saturated heterocycles. The van der Waals surface area contributed by atoms with Crippen molar-refractivity contribution in [3.05, 3.63) is 0 Å². The third-order valence-electron chi connectivity index (χ3n) is 3.54. The normalized spacial score (nSPS) is 23.0. The third kappa shape index (κ3) is 3.94. The van der Waals surface area contributed by atoms with Crippen molar-refractivity contribution in [1.29, 1.82) is 0 Å². The van der Waals surface area contributed by atoms with Crippen molar-refractivity contribution in [1.82, 2.24) is 9.80 Å². The first-order valence-electron chi connectivity index (χ1n) is 6.42. The summed E-state index contributed by atoms with van der Waals surface area (Å²) in [5, 5.41) is 0. The summed E-state index contributed by atoms with van der Waals surface area (Å²) in [5.74, 6) is -0.323. The van der Waals surface area contributed by atoms with Crippen molar-refractivity contribution < 1.29 is 9.53 Å². The molecule has 5 heteroatoms. The number of rotatable bonds is 6. The zero-order valence-electron chi connectivity index (χ0n) is 11.2. The van der Waals surface area contributed by atoms with E-state index in [1.807, 2.05) is 0 Å². The van der Waals surface area contributed by atoms with Crippen LogP contribution in [-0.4, -0.2) is 67.7 Å². The molecule has 1 fully saturated rings. The van der Waals surface area contributed by atoms with Crippen molar-refractivity contribution in [2.45, 2.75) is 32.4 Å². The summed E-state index contributed by atoms with van der Waals surface area (Å²) in [6.07, 6.45) is 1.16. The number of likely N-dealkylation sites (N-methyl/N-ethyl adjacent to an activating group) is 1. The highest BCUT2D eigenvalue weighted by atomic mass is 16.5. The van der Waals surface area contributed by atoms with Crippen molar-refractivity contribution in [3.8, 4) is 0 Å². The van der Waals surface area contributed by atoms with Gasteiger partial charge >= 0.3 is 5.97 Å². The van der Waals surface area contributed by atoms with Gasteiger partial charge < -0.3 is 10.5 Å². The van der Waals surface area contributed by atoms with Crippen LogP contribution >= 0.6 is 0 Å². The SMILES string of the molecule is CCN(CC)C1CCN(CC(N)C(=O)OC)C1. The molecule has 0 bridgehead atoms. The summed E-state index contributed by atoms with van der Waals surface area (Å²) < 4.78 is 4.64. The van der Waals surface area contributed by atoms with E-state index in [9.17, 15) is 4.79 Å². The van der Waals surface area contributed by atoms with E-state index >= 15 is 0 Å². The predicted octanol–water partition coefficient (Wildman–Crippen LogP) is -0.0972. The first kappa shape index (κ1) is 14.4. The number of esters is 1. The Morgan fingerprint density at radius 1 is 1.53 bits per heavy atom. The van der Waals surface area contributed by atoms with Crippen LogP contribution in [0, 0.1) is 0 Å². The average molecular weight is 243 g/mol. The number of nitrogens with two attached hydrogens (primary N) is 1. The summed E-state index contributed by atoms with van der Waals surface area (Å²) in [6.45, 7) is 9.16. The lowest BCUT2D eigenvalue weighted by atomic mass is 10.2. The minimum absolute atomic E-state index is 0.323. The Bertz CT molecular complexity index is 244. The number of carbonyl (C=O) groups excluding carboxylic acids is 1. The first-order chi connectivity index (χ1) is 8.12. The molecular weight excluding hydrogens is 218 g/mol. The predicted molar refractivity (Wildman–Crippen MR) is 67.8 cm³/mol. The van der Waals surface area contributed by atoms with Gasteiger partial charge in [0.15, 0.2) is 0 Å². The van der Waals surface area contributed by atoms with E-state index in [0.717, 1.165) is 32.6 Å². The van der Waals surface area contributed by atoms with Crippen LogP contribution in [0.5, 0.6) is 0 Å². The van der Waals surface area contributed by atoms with Gasteiger partial charge in [-0.2, -0.15) is 0 Å². The van der Waals surface area contributed by atoms with Gasteiger partial charge in [-0.1, -0.05) is 13.8 Å². The highest BCUT2D eigenvalue weighted by Crippen LogP contribution is 2.15.